The van der Waals surface area contributed by atoms with E-state index in [9.17, 15) is 14.0 Å². The van der Waals surface area contributed by atoms with Crippen LogP contribution in [-0.4, -0.2) is 45.4 Å². The van der Waals surface area contributed by atoms with Crippen molar-refractivity contribution in [3.63, 3.8) is 0 Å². The van der Waals surface area contributed by atoms with Crippen LogP contribution in [0.25, 0.3) is 0 Å². The summed E-state index contributed by atoms with van der Waals surface area (Å²) in [4.78, 5) is 24.5. The number of carbonyl (C=O) groups is 2. The van der Waals surface area contributed by atoms with Gasteiger partial charge in [0.2, 0.25) is 0 Å². The van der Waals surface area contributed by atoms with E-state index in [2.05, 4.69) is 17.0 Å². The molecule has 1 N–H and O–H groups in total. The van der Waals surface area contributed by atoms with Gasteiger partial charge >= 0.3 is 5.97 Å². The van der Waals surface area contributed by atoms with E-state index in [0.717, 1.165) is 44.5 Å². The standard InChI is InChI=1S/C29H37ClFNO5/c1-3-20(15-21-7-5-13-36-19-21)18-32-29(34)25-17-23(11-12-26(25)31)28(22-8-4-9-24(30)16-22)37-14-6-10-27(33)35-2/h4,8-9,11-12,16-17,20-21,28H,3,5-7,10,13-15,18-19H2,1-2H3,(H,32,34)/t20?,21-,28?/m1/s1. The minimum Gasteiger partial charge on any atom is -0.469 e. The summed E-state index contributed by atoms with van der Waals surface area (Å²) in [5.41, 5.74) is 1.36. The first kappa shape index (κ1) is 29.1. The van der Waals surface area contributed by atoms with Crippen LogP contribution in [-0.2, 0) is 19.0 Å². The van der Waals surface area contributed by atoms with E-state index >= 15 is 0 Å². The number of rotatable bonds is 13. The first-order chi connectivity index (χ1) is 17.9. The van der Waals surface area contributed by atoms with Gasteiger partial charge in [0.25, 0.3) is 5.91 Å². The highest BCUT2D eigenvalue weighted by molar-refractivity contribution is 6.30. The van der Waals surface area contributed by atoms with E-state index in [-0.39, 0.29) is 24.6 Å². The molecule has 1 fully saturated rings. The number of nitrogens with one attached hydrogen (secondary N) is 1. The minimum absolute atomic E-state index is 0.0291. The molecule has 2 unspecified atom stereocenters. The zero-order valence-electron chi connectivity index (χ0n) is 21.6. The highest BCUT2D eigenvalue weighted by Gasteiger charge is 2.22. The van der Waals surface area contributed by atoms with Crippen LogP contribution in [0.2, 0.25) is 5.02 Å². The summed E-state index contributed by atoms with van der Waals surface area (Å²) in [6.45, 7) is 4.46. The smallest absolute Gasteiger partial charge is 0.305 e. The van der Waals surface area contributed by atoms with Crippen LogP contribution in [0.4, 0.5) is 4.39 Å². The largest absolute Gasteiger partial charge is 0.469 e. The van der Waals surface area contributed by atoms with Crippen LogP contribution in [0, 0.1) is 17.7 Å². The summed E-state index contributed by atoms with van der Waals surface area (Å²) in [5, 5.41) is 3.47. The number of methoxy groups -OCH3 is 1. The lowest BCUT2D eigenvalue weighted by Crippen LogP contribution is -2.32. The topological polar surface area (TPSA) is 73.9 Å². The Kier molecular flexibility index (Phi) is 11.8. The van der Waals surface area contributed by atoms with E-state index in [1.54, 1.807) is 18.2 Å². The number of hydrogen-bond donors (Lipinski definition) is 1. The molecule has 1 heterocycles. The van der Waals surface area contributed by atoms with Gasteiger partial charge in [-0.3, -0.25) is 9.59 Å². The summed E-state index contributed by atoms with van der Waals surface area (Å²) >= 11 is 6.21. The molecule has 8 heteroatoms. The first-order valence-corrected chi connectivity index (χ1v) is 13.4. The zero-order valence-corrected chi connectivity index (χ0v) is 22.4. The third kappa shape index (κ3) is 9.09. The van der Waals surface area contributed by atoms with Gasteiger partial charge in [-0.15, -0.1) is 0 Å². The molecule has 1 amide bonds. The van der Waals surface area contributed by atoms with E-state index in [0.29, 0.717) is 35.4 Å². The molecule has 0 aromatic heterocycles. The third-order valence-corrected chi connectivity index (χ3v) is 7.01. The van der Waals surface area contributed by atoms with Gasteiger partial charge in [-0.05, 0) is 72.9 Å². The van der Waals surface area contributed by atoms with Crippen molar-refractivity contribution in [2.75, 3.05) is 33.5 Å². The van der Waals surface area contributed by atoms with Crippen molar-refractivity contribution >= 4 is 23.5 Å². The number of esters is 1. The second kappa shape index (κ2) is 15.1. The fourth-order valence-electron chi connectivity index (χ4n) is 4.65. The van der Waals surface area contributed by atoms with Crippen molar-refractivity contribution in [1.29, 1.82) is 0 Å². The number of carbonyl (C=O) groups excluding carboxylic acids is 2. The van der Waals surface area contributed by atoms with Crippen molar-refractivity contribution in [1.82, 2.24) is 5.32 Å². The fourth-order valence-corrected chi connectivity index (χ4v) is 4.84. The average molecular weight is 534 g/mol. The molecule has 6 nitrogen and oxygen atoms in total. The van der Waals surface area contributed by atoms with Crippen LogP contribution >= 0.6 is 11.6 Å². The molecule has 0 bridgehead atoms. The maximum absolute atomic E-state index is 14.8. The van der Waals surface area contributed by atoms with Gasteiger partial charge in [-0.1, -0.05) is 43.1 Å². The number of halogens is 2. The summed E-state index contributed by atoms with van der Waals surface area (Å²) in [7, 11) is 1.34. The highest BCUT2D eigenvalue weighted by atomic mass is 35.5. The van der Waals surface area contributed by atoms with Crippen LogP contribution in [0.15, 0.2) is 42.5 Å². The molecule has 2 aromatic rings. The van der Waals surface area contributed by atoms with Gasteiger partial charge in [-0.25, -0.2) is 4.39 Å². The Morgan fingerprint density at radius 2 is 2.03 bits per heavy atom. The predicted octanol–water partition coefficient (Wildman–Crippen LogP) is 6.11. The van der Waals surface area contributed by atoms with Crippen LogP contribution < -0.4 is 5.32 Å². The van der Waals surface area contributed by atoms with Gasteiger partial charge in [0, 0.05) is 37.8 Å². The normalized spacial score (nSPS) is 17.1. The van der Waals surface area contributed by atoms with Crippen molar-refractivity contribution in [3.05, 3.63) is 70.0 Å². The molecule has 3 atom stereocenters. The second-order valence-corrected chi connectivity index (χ2v) is 9.96. The second-order valence-electron chi connectivity index (χ2n) is 9.53. The maximum atomic E-state index is 14.8. The molecular weight excluding hydrogens is 497 g/mol. The Bertz CT molecular complexity index is 1030. The van der Waals surface area contributed by atoms with Crippen molar-refractivity contribution in [2.24, 2.45) is 11.8 Å². The monoisotopic (exact) mass is 533 g/mol. The molecular formula is C29H37ClFNO5. The van der Waals surface area contributed by atoms with Crippen LogP contribution in [0.1, 0.15) is 73.0 Å². The summed E-state index contributed by atoms with van der Waals surface area (Å²) in [6.07, 6.45) is 4.23. The lowest BCUT2D eigenvalue weighted by atomic mass is 9.89. The Morgan fingerprint density at radius 1 is 1.22 bits per heavy atom. The Morgan fingerprint density at radius 3 is 2.73 bits per heavy atom. The molecule has 0 aliphatic carbocycles. The lowest BCUT2D eigenvalue weighted by Gasteiger charge is -2.26. The molecule has 0 saturated carbocycles. The lowest BCUT2D eigenvalue weighted by molar-refractivity contribution is -0.141. The molecule has 1 aliphatic rings. The SMILES string of the molecule is CCC(CNC(=O)c1cc(C(OCCCC(=O)OC)c2cccc(Cl)c2)ccc1F)C[C@H]1CCCOC1. The van der Waals surface area contributed by atoms with Crippen LogP contribution in [0.3, 0.4) is 0 Å². The van der Waals surface area contributed by atoms with Gasteiger partial charge in [0.15, 0.2) is 0 Å². The van der Waals surface area contributed by atoms with E-state index in [1.165, 1.54) is 19.2 Å². The summed E-state index contributed by atoms with van der Waals surface area (Å²) < 4.78 is 31.2. The zero-order chi connectivity index (χ0) is 26.6. The van der Waals surface area contributed by atoms with Crippen molar-refractivity contribution in [2.45, 2.75) is 51.6 Å². The minimum atomic E-state index is -0.592. The average Bonchev–Trinajstić information content (AvgIpc) is 2.91. The Labute approximate surface area is 223 Å². The first-order valence-electron chi connectivity index (χ1n) is 13.0. The molecule has 3 rings (SSSR count). The Balaban J connectivity index is 1.71. The number of benzene rings is 2. The molecule has 202 valence electrons. The van der Waals surface area contributed by atoms with E-state index in [1.807, 2.05) is 12.1 Å². The molecule has 2 aromatic carbocycles. The fraction of sp³-hybridized carbons (Fsp3) is 0.517. The van der Waals surface area contributed by atoms with Crippen molar-refractivity contribution < 1.29 is 28.2 Å². The highest BCUT2D eigenvalue weighted by Crippen LogP contribution is 2.30. The molecule has 1 aliphatic heterocycles. The summed E-state index contributed by atoms with van der Waals surface area (Å²) in [6, 6.07) is 11.6. The predicted molar refractivity (Wildman–Crippen MR) is 141 cm³/mol. The number of amides is 1. The maximum Gasteiger partial charge on any atom is 0.305 e. The van der Waals surface area contributed by atoms with Gasteiger partial charge in [-0.2, -0.15) is 0 Å². The van der Waals surface area contributed by atoms with Crippen molar-refractivity contribution in [3.8, 4) is 0 Å². The number of ether oxygens (including phenoxy) is 3. The molecule has 0 radical (unpaired) electrons. The number of hydrogen-bond acceptors (Lipinski definition) is 5. The van der Waals surface area contributed by atoms with E-state index < -0.39 is 17.8 Å². The van der Waals surface area contributed by atoms with Gasteiger partial charge in [0.05, 0.1) is 12.7 Å². The summed E-state index contributed by atoms with van der Waals surface area (Å²) in [5.74, 6) is -0.548. The third-order valence-electron chi connectivity index (χ3n) is 6.78. The van der Waals surface area contributed by atoms with E-state index in [4.69, 9.17) is 21.1 Å². The quantitative estimate of drug-likeness (QED) is 0.248. The molecule has 0 spiro atoms. The van der Waals surface area contributed by atoms with Crippen LogP contribution in [0.5, 0.6) is 0 Å². The van der Waals surface area contributed by atoms with Gasteiger partial charge < -0.3 is 19.5 Å². The Hall–Kier alpha value is -2.48. The molecule has 37 heavy (non-hydrogen) atoms. The molecule has 1 saturated heterocycles. The van der Waals surface area contributed by atoms with Gasteiger partial charge in [0.1, 0.15) is 11.9 Å².